The van der Waals surface area contributed by atoms with E-state index in [-0.39, 0.29) is 4.87 Å². The summed E-state index contributed by atoms with van der Waals surface area (Å²) in [6, 6.07) is 0. The predicted octanol–water partition coefficient (Wildman–Crippen LogP) is 3.66. The zero-order valence-corrected chi connectivity index (χ0v) is 10.7. The standard InChI is InChI=1S/C13H21NOS/c15-13-14-11-9-7-5-3-1-2-4-6-8-10-12(11)16-13/h1-10H2,(H,14,15). The number of hydrogen-bond acceptors (Lipinski definition) is 2. The van der Waals surface area contributed by atoms with E-state index < -0.39 is 0 Å². The van der Waals surface area contributed by atoms with E-state index in [0.29, 0.717) is 0 Å². The number of thiazole rings is 1. The molecule has 0 saturated heterocycles. The molecule has 0 radical (unpaired) electrons. The Balaban J connectivity index is 2.01. The van der Waals surface area contributed by atoms with Gasteiger partial charge < -0.3 is 4.98 Å². The number of nitrogens with one attached hydrogen (secondary N) is 1. The molecule has 0 aromatic carbocycles. The molecule has 0 fully saturated rings. The normalized spacial score (nSPS) is 19.5. The lowest BCUT2D eigenvalue weighted by molar-refractivity contribution is 0.559. The van der Waals surface area contributed by atoms with Crippen molar-refractivity contribution in [1.82, 2.24) is 4.98 Å². The highest BCUT2D eigenvalue weighted by molar-refractivity contribution is 7.09. The van der Waals surface area contributed by atoms with E-state index in [1.165, 1.54) is 73.3 Å². The number of aromatic nitrogens is 1. The van der Waals surface area contributed by atoms with Gasteiger partial charge in [0.1, 0.15) is 0 Å². The van der Waals surface area contributed by atoms with Gasteiger partial charge in [0.05, 0.1) is 0 Å². The lowest BCUT2D eigenvalue weighted by Gasteiger charge is -2.06. The number of aromatic amines is 1. The first-order chi connectivity index (χ1) is 7.86. The number of rotatable bonds is 0. The number of fused-ring (bicyclic) bond motifs is 1. The van der Waals surface area contributed by atoms with Crippen molar-refractivity contribution < 1.29 is 0 Å². The SMILES string of the molecule is O=c1[nH]c2c(s1)CCCCCCCCCC2. The second kappa shape index (κ2) is 6.24. The highest BCUT2D eigenvalue weighted by Crippen LogP contribution is 2.19. The van der Waals surface area contributed by atoms with Gasteiger partial charge in [0.15, 0.2) is 0 Å². The van der Waals surface area contributed by atoms with E-state index in [0.717, 1.165) is 12.8 Å². The minimum atomic E-state index is 0.139. The molecule has 0 bridgehead atoms. The fourth-order valence-electron chi connectivity index (χ4n) is 2.44. The molecule has 1 aromatic heterocycles. The fraction of sp³-hybridized carbons (Fsp3) is 0.769. The summed E-state index contributed by atoms with van der Waals surface area (Å²) < 4.78 is 0. The van der Waals surface area contributed by atoms with Crippen LogP contribution in [0.3, 0.4) is 0 Å². The predicted molar refractivity (Wildman–Crippen MR) is 69.3 cm³/mol. The van der Waals surface area contributed by atoms with E-state index in [4.69, 9.17) is 0 Å². The van der Waals surface area contributed by atoms with Crippen LogP contribution in [-0.4, -0.2) is 4.98 Å². The minimum Gasteiger partial charge on any atom is -0.316 e. The van der Waals surface area contributed by atoms with Crippen molar-refractivity contribution in [2.45, 2.75) is 64.2 Å². The van der Waals surface area contributed by atoms with E-state index in [1.54, 1.807) is 0 Å². The van der Waals surface area contributed by atoms with Gasteiger partial charge in [-0.2, -0.15) is 0 Å². The van der Waals surface area contributed by atoms with Crippen molar-refractivity contribution in [3.8, 4) is 0 Å². The summed E-state index contributed by atoms with van der Waals surface area (Å²) in [5.41, 5.74) is 1.23. The maximum atomic E-state index is 11.4. The van der Waals surface area contributed by atoms with Crippen LogP contribution in [0.15, 0.2) is 4.79 Å². The van der Waals surface area contributed by atoms with Crippen LogP contribution in [-0.2, 0) is 12.8 Å². The Morgan fingerprint density at radius 3 is 2.06 bits per heavy atom. The quantitative estimate of drug-likeness (QED) is 0.736. The molecule has 1 aromatic rings. The monoisotopic (exact) mass is 239 g/mol. The van der Waals surface area contributed by atoms with Crippen LogP contribution in [0.4, 0.5) is 0 Å². The third-order valence-corrected chi connectivity index (χ3v) is 4.37. The zero-order valence-electron chi connectivity index (χ0n) is 9.89. The molecule has 1 aliphatic carbocycles. The van der Waals surface area contributed by atoms with Gasteiger partial charge in [0.25, 0.3) is 0 Å². The Kier molecular flexibility index (Phi) is 4.64. The number of aryl methyl sites for hydroxylation is 2. The Morgan fingerprint density at radius 1 is 0.812 bits per heavy atom. The third kappa shape index (κ3) is 3.48. The summed E-state index contributed by atoms with van der Waals surface area (Å²) in [7, 11) is 0. The zero-order chi connectivity index (χ0) is 11.2. The van der Waals surface area contributed by atoms with Crippen molar-refractivity contribution in [2.24, 2.45) is 0 Å². The molecule has 1 heterocycles. The molecule has 90 valence electrons. The van der Waals surface area contributed by atoms with Crippen molar-refractivity contribution >= 4 is 11.3 Å². The van der Waals surface area contributed by atoms with Gasteiger partial charge in [-0.25, -0.2) is 0 Å². The Morgan fingerprint density at radius 2 is 1.38 bits per heavy atom. The number of H-pyrrole nitrogens is 1. The highest BCUT2D eigenvalue weighted by Gasteiger charge is 2.08. The second-order valence-electron chi connectivity index (χ2n) is 4.74. The van der Waals surface area contributed by atoms with Crippen molar-refractivity contribution in [3.63, 3.8) is 0 Å². The van der Waals surface area contributed by atoms with E-state index in [2.05, 4.69) is 4.98 Å². The van der Waals surface area contributed by atoms with Gasteiger partial charge in [-0.3, -0.25) is 4.79 Å². The van der Waals surface area contributed by atoms with Gasteiger partial charge in [0, 0.05) is 10.6 Å². The summed E-state index contributed by atoms with van der Waals surface area (Å²) >= 11 is 1.43. The second-order valence-corrected chi connectivity index (χ2v) is 5.81. The molecule has 3 heteroatoms. The molecule has 1 aliphatic rings. The van der Waals surface area contributed by atoms with E-state index in [1.807, 2.05) is 0 Å². The first-order valence-corrected chi connectivity index (χ1v) is 7.39. The molecule has 2 nitrogen and oxygen atoms in total. The molecular weight excluding hydrogens is 218 g/mol. The Hall–Kier alpha value is -0.570. The maximum absolute atomic E-state index is 11.4. The van der Waals surface area contributed by atoms with Crippen LogP contribution in [0, 0.1) is 0 Å². The summed E-state index contributed by atoms with van der Waals surface area (Å²) in [5.74, 6) is 0. The molecule has 16 heavy (non-hydrogen) atoms. The van der Waals surface area contributed by atoms with Gasteiger partial charge in [-0.05, 0) is 25.7 Å². The first-order valence-electron chi connectivity index (χ1n) is 6.57. The van der Waals surface area contributed by atoms with Crippen LogP contribution in [0.1, 0.15) is 61.9 Å². The first kappa shape index (κ1) is 11.9. The molecular formula is C13H21NOS. The summed E-state index contributed by atoms with van der Waals surface area (Å²) in [4.78, 5) is 15.8. The lowest BCUT2D eigenvalue weighted by atomic mass is 10.0. The molecule has 1 N–H and O–H groups in total. The van der Waals surface area contributed by atoms with E-state index in [9.17, 15) is 4.79 Å². The molecule has 2 rings (SSSR count). The third-order valence-electron chi connectivity index (χ3n) is 3.39. The largest absolute Gasteiger partial charge is 0.316 e. The summed E-state index contributed by atoms with van der Waals surface area (Å²) in [5, 5.41) is 0. The van der Waals surface area contributed by atoms with Gasteiger partial charge >= 0.3 is 4.87 Å². The smallest absolute Gasteiger partial charge is 0.304 e. The maximum Gasteiger partial charge on any atom is 0.304 e. The molecule has 0 unspecified atom stereocenters. The van der Waals surface area contributed by atoms with Gasteiger partial charge in [-0.15, -0.1) is 0 Å². The van der Waals surface area contributed by atoms with Crippen LogP contribution in [0.2, 0.25) is 0 Å². The highest BCUT2D eigenvalue weighted by atomic mass is 32.1. The van der Waals surface area contributed by atoms with Crippen LogP contribution in [0.5, 0.6) is 0 Å². The summed E-state index contributed by atoms with van der Waals surface area (Å²) in [6.07, 6.45) is 12.8. The van der Waals surface area contributed by atoms with Crippen LogP contribution in [0.25, 0.3) is 0 Å². The van der Waals surface area contributed by atoms with Crippen LogP contribution < -0.4 is 4.87 Å². The Bertz CT molecular complexity index is 334. The Labute approximate surface area is 101 Å². The topological polar surface area (TPSA) is 32.9 Å². The summed E-state index contributed by atoms with van der Waals surface area (Å²) in [6.45, 7) is 0. The molecule has 0 amide bonds. The van der Waals surface area contributed by atoms with Crippen molar-refractivity contribution in [3.05, 3.63) is 20.2 Å². The van der Waals surface area contributed by atoms with Crippen molar-refractivity contribution in [1.29, 1.82) is 0 Å². The molecule has 0 atom stereocenters. The minimum absolute atomic E-state index is 0.139. The molecule has 0 saturated carbocycles. The van der Waals surface area contributed by atoms with E-state index >= 15 is 0 Å². The fourth-order valence-corrected chi connectivity index (χ4v) is 3.36. The average Bonchev–Trinajstić information content (AvgIpc) is 2.59. The number of hydrogen-bond donors (Lipinski definition) is 1. The van der Waals surface area contributed by atoms with Crippen molar-refractivity contribution in [2.75, 3.05) is 0 Å². The van der Waals surface area contributed by atoms with Gasteiger partial charge in [-0.1, -0.05) is 49.9 Å². The van der Waals surface area contributed by atoms with Crippen LogP contribution >= 0.6 is 11.3 Å². The molecule has 0 aliphatic heterocycles. The van der Waals surface area contributed by atoms with Gasteiger partial charge in [0.2, 0.25) is 0 Å². The lowest BCUT2D eigenvalue weighted by Crippen LogP contribution is -1.97. The molecule has 0 spiro atoms. The average molecular weight is 239 g/mol.